The average molecular weight is 345 g/mol. The highest BCUT2D eigenvalue weighted by Crippen LogP contribution is 2.23. The maximum atomic E-state index is 12.5. The van der Waals surface area contributed by atoms with Crippen LogP contribution in [0.4, 0.5) is 0 Å². The molecule has 2 aromatic rings. The van der Waals surface area contributed by atoms with Crippen molar-refractivity contribution in [3.8, 4) is 5.75 Å². The van der Waals surface area contributed by atoms with Gasteiger partial charge in [-0.2, -0.15) is 0 Å². The summed E-state index contributed by atoms with van der Waals surface area (Å²) in [6, 6.07) is 8.87. The van der Waals surface area contributed by atoms with Crippen LogP contribution in [0.25, 0.3) is 0 Å². The second kappa shape index (κ2) is 7.29. The Kier molecular flexibility index (Phi) is 5.11. The van der Waals surface area contributed by atoms with E-state index in [1.807, 2.05) is 32.0 Å². The number of ether oxygens (including phenoxy) is 1. The van der Waals surface area contributed by atoms with Crippen LogP contribution in [0.15, 0.2) is 34.7 Å². The van der Waals surface area contributed by atoms with Gasteiger partial charge in [-0.3, -0.25) is 4.79 Å². The minimum atomic E-state index is -0.608. The number of aliphatic hydroxyl groups is 2. The van der Waals surface area contributed by atoms with Crippen molar-refractivity contribution in [1.82, 2.24) is 4.90 Å². The SMILES string of the molecule is Cc1ccc(OCc2ccc(C(=O)N3C[C@@H](O)C[C@H]3CO)o2)c(C)c1. The monoisotopic (exact) mass is 345 g/mol. The number of hydrogen-bond acceptors (Lipinski definition) is 5. The van der Waals surface area contributed by atoms with E-state index in [9.17, 15) is 15.0 Å². The lowest BCUT2D eigenvalue weighted by atomic mass is 10.1. The van der Waals surface area contributed by atoms with Crippen LogP contribution in [0.1, 0.15) is 33.9 Å². The van der Waals surface area contributed by atoms with E-state index in [-0.39, 0.29) is 37.5 Å². The zero-order valence-electron chi connectivity index (χ0n) is 14.4. The third-order valence-electron chi connectivity index (χ3n) is 4.44. The Balaban J connectivity index is 1.65. The van der Waals surface area contributed by atoms with Crippen molar-refractivity contribution in [1.29, 1.82) is 0 Å². The Morgan fingerprint density at radius 3 is 2.84 bits per heavy atom. The summed E-state index contributed by atoms with van der Waals surface area (Å²) in [4.78, 5) is 14.0. The molecule has 0 saturated carbocycles. The highest BCUT2D eigenvalue weighted by Gasteiger charge is 2.35. The number of β-amino-alcohol motifs (C(OH)–C–C–N with tert-alkyl or cyclic N) is 1. The number of rotatable bonds is 5. The minimum absolute atomic E-state index is 0.174. The van der Waals surface area contributed by atoms with E-state index in [1.54, 1.807) is 12.1 Å². The molecule has 1 amide bonds. The summed E-state index contributed by atoms with van der Waals surface area (Å²) in [6.07, 6.45) is -0.227. The van der Waals surface area contributed by atoms with Crippen molar-refractivity contribution >= 4 is 5.91 Å². The Morgan fingerprint density at radius 1 is 1.32 bits per heavy atom. The van der Waals surface area contributed by atoms with Gasteiger partial charge in [0.15, 0.2) is 5.76 Å². The Hall–Kier alpha value is -2.31. The first-order valence-corrected chi connectivity index (χ1v) is 8.36. The van der Waals surface area contributed by atoms with Crippen LogP contribution >= 0.6 is 0 Å². The Morgan fingerprint density at radius 2 is 2.12 bits per heavy atom. The van der Waals surface area contributed by atoms with Gasteiger partial charge in [-0.1, -0.05) is 17.7 Å². The topological polar surface area (TPSA) is 83.1 Å². The van der Waals surface area contributed by atoms with Crippen molar-refractivity contribution in [2.75, 3.05) is 13.2 Å². The first kappa shape index (κ1) is 17.5. The predicted octanol–water partition coefficient (Wildman–Crippen LogP) is 2.04. The Bertz CT molecular complexity index is 754. The summed E-state index contributed by atoms with van der Waals surface area (Å²) in [5.41, 5.74) is 2.21. The van der Waals surface area contributed by atoms with Gasteiger partial charge < -0.3 is 24.3 Å². The standard InChI is InChI=1S/C19H23NO5/c1-12-3-5-17(13(2)7-12)24-11-16-4-6-18(25-16)19(23)20-9-15(22)8-14(20)10-21/h3-7,14-15,21-22H,8-11H2,1-2H3/t14-,15-/m0/s1. The quantitative estimate of drug-likeness (QED) is 0.866. The summed E-state index contributed by atoms with van der Waals surface area (Å²) in [5, 5.41) is 19.1. The Labute approximate surface area is 146 Å². The zero-order chi connectivity index (χ0) is 18.0. The van der Waals surface area contributed by atoms with Crippen LogP contribution in [0.5, 0.6) is 5.75 Å². The molecule has 25 heavy (non-hydrogen) atoms. The highest BCUT2D eigenvalue weighted by molar-refractivity contribution is 5.92. The number of carbonyl (C=O) groups excluding carboxylic acids is 1. The number of amides is 1. The van der Waals surface area contributed by atoms with Gasteiger partial charge in [0, 0.05) is 6.54 Å². The molecule has 0 radical (unpaired) electrons. The minimum Gasteiger partial charge on any atom is -0.485 e. The van der Waals surface area contributed by atoms with Gasteiger partial charge in [0.25, 0.3) is 5.91 Å². The van der Waals surface area contributed by atoms with Gasteiger partial charge in [0.05, 0.1) is 18.8 Å². The van der Waals surface area contributed by atoms with Crippen molar-refractivity contribution < 1.29 is 24.2 Å². The van der Waals surface area contributed by atoms with E-state index in [2.05, 4.69) is 0 Å². The molecule has 3 rings (SSSR count). The third-order valence-corrected chi connectivity index (χ3v) is 4.44. The largest absolute Gasteiger partial charge is 0.485 e. The lowest BCUT2D eigenvalue weighted by Crippen LogP contribution is -2.37. The van der Waals surface area contributed by atoms with Crippen molar-refractivity contribution in [3.63, 3.8) is 0 Å². The molecule has 0 unspecified atom stereocenters. The molecule has 0 bridgehead atoms. The van der Waals surface area contributed by atoms with Gasteiger partial charge in [0.2, 0.25) is 0 Å². The van der Waals surface area contributed by atoms with Crippen molar-refractivity contribution in [2.24, 2.45) is 0 Å². The summed E-state index contributed by atoms with van der Waals surface area (Å²) in [6.45, 7) is 4.26. The van der Waals surface area contributed by atoms with E-state index in [1.165, 1.54) is 10.5 Å². The maximum Gasteiger partial charge on any atom is 0.289 e. The summed E-state index contributed by atoms with van der Waals surface area (Å²) < 4.78 is 11.3. The molecule has 134 valence electrons. The fraction of sp³-hybridized carbons (Fsp3) is 0.421. The molecule has 2 N–H and O–H groups in total. The number of nitrogens with zero attached hydrogens (tertiary/aromatic N) is 1. The van der Waals surface area contributed by atoms with E-state index >= 15 is 0 Å². The maximum absolute atomic E-state index is 12.5. The second-order valence-corrected chi connectivity index (χ2v) is 6.51. The number of carbonyl (C=O) groups is 1. The zero-order valence-corrected chi connectivity index (χ0v) is 14.4. The molecule has 6 nitrogen and oxygen atoms in total. The van der Waals surface area contributed by atoms with Gasteiger partial charge in [-0.25, -0.2) is 0 Å². The van der Waals surface area contributed by atoms with Crippen LogP contribution in [-0.2, 0) is 6.61 Å². The molecular formula is C19H23NO5. The van der Waals surface area contributed by atoms with E-state index in [0.29, 0.717) is 12.2 Å². The molecule has 1 aliphatic heterocycles. The molecule has 2 heterocycles. The van der Waals surface area contributed by atoms with E-state index in [0.717, 1.165) is 11.3 Å². The number of hydrogen-bond donors (Lipinski definition) is 2. The van der Waals surface area contributed by atoms with Crippen molar-refractivity contribution in [2.45, 2.75) is 39.0 Å². The van der Waals surface area contributed by atoms with Gasteiger partial charge in [-0.15, -0.1) is 0 Å². The van der Waals surface area contributed by atoms with Crippen LogP contribution in [0.3, 0.4) is 0 Å². The lowest BCUT2D eigenvalue weighted by molar-refractivity contribution is 0.0629. The lowest BCUT2D eigenvalue weighted by Gasteiger charge is -2.21. The smallest absolute Gasteiger partial charge is 0.289 e. The van der Waals surface area contributed by atoms with Crippen LogP contribution in [-0.4, -0.2) is 46.3 Å². The summed E-state index contributed by atoms with van der Waals surface area (Å²) in [7, 11) is 0. The first-order chi connectivity index (χ1) is 12.0. The molecule has 0 aliphatic carbocycles. The first-order valence-electron chi connectivity index (χ1n) is 8.36. The summed E-state index contributed by atoms with van der Waals surface area (Å²) in [5.74, 6) is 1.18. The van der Waals surface area contributed by atoms with Gasteiger partial charge in [-0.05, 0) is 44.0 Å². The number of aliphatic hydroxyl groups excluding tert-OH is 2. The van der Waals surface area contributed by atoms with Crippen molar-refractivity contribution in [3.05, 3.63) is 53.0 Å². The molecule has 1 saturated heterocycles. The van der Waals surface area contributed by atoms with Crippen LogP contribution in [0.2, 0.25) is 0 Å². The molecule has 1 aliphatic rings. The molecule has 6 heteroatoms. The van der Waals surface area contributed by atoms with Crippen LogP contribution in [0, 0.1) is 13.8 Å². The predicted molar refractivity (Wildman–Crippen MR) is 91.5 cm³/mol. The third kappa shape index (κ3) is 3.86. The van der Waals surface area contributed by atoms with E-state index < -0.39 is 6.10 Å². The summed E-state index contributed by atoms with van der Waals surface area (Å²) >= 11 is 0. The molecule has 1 aromatic heterocycles. The average Bonchev–Trinajstić information content (AvgIpc) is 3.19. The number of aryl methyl sites for hydroxylation is 2. The molecular weight excluding hydrogens is 322 g/mol. The van der Waals surface area contributed by atoms with Gasteiger partial charge >= 0.3 is 0 Å². The fourth-order valence-corrected chi connectivity index (χ4v) is 3.14. The number of furan rings is 1. The fourth-order valence-electron chi connectivity index (χ4n) is 3.14. The van der Waals surface area contributed by atoms with Crippen LogP contribution < -0.4 is 4.74 Å². The molecule has 2 atom stereocenters. The van der Waals surface area contributed by atoms with E-state index in [4.69, 9.17) is 9.15 Å². The molecule has 1 aromatic carbocycles. The molecule has 0 spiro atoms. The number of benzene rings is 1. The normalized spacial score (nSPS) is 20.1. The van der Waals surface area contributed by atoms with Gasteiger partial charge in [0.1, 0.15) is 18.1 Å². The number of likely N-dealkylation sites (tertiary alicyclic amines) is 1. The highest BCUT2D eigenvalue weighted by atomic mass is 16.5. The molecule has 1 fully saturated rings. The second-order valence-electron chi connectivity index (χ2n) is 6.51.